The van der Waals surface area contributed by atoms with Crippen molar-refractivity contribution in [3.05, 3.63) is 107 Å². The molecule has 0 saturated carbocycles. The van der Waals surface area contributed by atoms with Crippen molar-refractivity contribution in [2.75, 3.05) is 0 Å². The van der Waals surface area contributed by atoms with Crippen molar-refractivity contribution in [2.45, 2.75) is 48.2 Å². The average molecular weight is 516 g/mol. The van der Waals surface area contributed by atoms with Gasteiger partial charge in [0.25, 0.3) is 0 Å². The first-order valence-corrected chi connectivity index (χ1v) is 23.5. The zero-order valence-electron chi connectivity index (χ0n) is 19.5. The molecule has 2 atom stereocenters. The van der Waals surface area contributed by atoms with Crippen LogP contribution < -0.4 is 0 Å². The first kappa shape index (κ1) is 24.0. The third-order valence-electron chi connectivity index (χ3n) is 7.50. The van der Waals surface area contributed by atoms with Gasteiger partial charge in [0.1, 0.15) is 0 Å². The Morgan fingerprint density at radius 1 is 0.688 bits per heavy atom. The molecule has 0 saturated heterocycles. The zero-order chi connectivity index (χ0) is 23.0. The zero-order valence-corrected chi connectivity index (χ0v) is 23.7. The van der Waals surface area contributed by atoms with Gasteiger partial charge < -0.3 is 0 Å². The van der Waals surface area contributed by atoms with E-state index in [9.17, 15) is 0 Å². The molecule has 2 aliphatic carbocycles. The molecule has 2 aliphatic rings. The summed E-state index contributed by atoms with van der Waals surface area (Å²) in [7, 11) is 16.1. The van der Waals surface area contributed by atoms with Crippen LogP contribution in [-0.2, 0) is 12.4 Å². The van der Waals surface area contributed by atoms with E-state index in [1.807, 2.05) is 0 Å². The first-order valence-electron chi connectivity index (χ1n) is 11.8. The number of allylic oxidation sites excluding steroid dienone is 8. The maximum atomic E-state index is 8.04. The Hall–Kier alpha value is -1.09. The molecular formula is C28H33Cl2SiTi. The molecule has 0 heterocycles. The van der Waals surface area contributed by atoms with Crippen molar-refractivity contribution >= 4 is 36.4 Å². The van der Waals surface area contributed by atoms with Gasteiger partial charge in [-0.1, -0.05) is 0 Å². The predicted molar refractivity (Wildman–Crippen MR) is 144 cm³/mol. The van der Waals surface area contributed by atoms with Gasteiger partial charge in [-0.05, 0) is 0 Å². The summed E-state index contributed by atoms with van der Waals surface area (Å²) in [4.78, 5) is 0. The quantitative estimate of drug-likeness (QED) is 0.322. The molecule has 0 amide bonds. The van der Waals surface area contributed by atoms with Crippen LogP contribution in [0.2, 0.25) is 21.5 Å². The Balaban J connectivity index is 1.85. The van der Waals surface area contributed by atoms with Gasteiger partial charge in [-0.15, -0.1) is 0 Å². The molecule has 167 valence electrons. The van der Waals surface area contributed by atoms with Crippen molar-refractivity contribution < 1.29 is 12.4 Å². The average Bonchev–Trinajstić information content (AvgIpc) is 3.46. The Bertz CT molecular complexity index is 1030. The minimum atomic E-state index is -4.09. The Kier molecular flexibility index (Phi) is 6.97. The van der Waals surface area contributed by atoms with Crippen LogP contribution >= 0.6 is 18.6 Å². The van der Waals surface area contributed by atoms with Crippen molar-refractivity contribution in [2.24, 2.45) is 0 Å². The molecule has 2 aromatic rings. The van der Waals surface area contributed by atoms with Gasteiger partial charge in [0.2, 0.25) is 0 Å². The first-order chi connectivity index (χ1) is 15.3. The summed E-state index contributed by atoms with van der Waals surface area (Å²) in [6.07, 6.45) is 11.6. The summed E-state index contributed by atoms with van der Waals surface area (Å²) in [5, 5.41) is 0. The fourth-order valence-corrected chi connectivity index (χ4v) is 24.8. The van der Waals surface area contributed by atoms with E-state index in [1.165, 1.54) is 33.4 Å². The molecule has 0 aliphatic heterocycles. The molecule has 0 aromatic heterocycles. The second-order valence-electron chi connectivity index (χ2n) is 9.46. The van der Waals surface area contributed by atoms with E-state index in [2.05, 4.69) is 112 Å². The number of halogens is 2. The van der Waals surface area contributed by atoms with E-state index in [0.717, 1.165) is 12.8 Å². The van der Waals surface area contributed by atoms with Crippen molar-refractivity contribution in [3.8, 4) is 0 Å². The van der Waals surface area contributed by atoms with E-state index in [0.29, 0.717) is 0 Å². The van der Waals surface area contributed by atoms with E-state index < -0.39 is 19.1 Å². The van der Waals surface area contributed by atoms with Gasteiger partial charge in [0, 0.05) is 0 Å². The maximum absolute atomic E-state index is 8.04. The molecule has 0 nitrogen and oxygen atoms in total. The van der Waals surface area contributed by atoms with Gasteiger partial charge in [-0.25, -0.2) is 0 Å². The Labute approximate surface area is 203 Å². The minimum absolute atomic E-state index is 0.188. The fraction of sp³-hybridized carbons (Fsp3) is 0.286. The van der Waals surface area contributed by atoms with Gasteiger partial charge in [0.15, 0.2) is 0 Å². The number of hydrogen-bond acceptors (Lipinski definition) is 0. The number of benzene rings is 2. The molecule has 0 spiro atoms. The molecule has 0 N–H and O–H groups in total. The number of hydrogen-bond donors (Lipinski definition) is 0. The third-order valence-corrected chi connectivity index (χ3v) is 43.1. The fourth-order valence-electron chi connectivity index (χ4n) is 5.45. The summed E-state index contributed by atoms with van der Waals surface area (Å²) < 4.78 is 0.377. The molecular weight excluding hydrogens is 483 g/mol. The van der Waals surface area contributed by atoms with Crippen LogP contribution in [0.3, 0.4) is 0 Å². The van der Waals surface area contributed by atoms with Gasteiger partial charge in [-0.2, -0.15) is 0 Å². The SMILES string of the molecule is CCC1=CC(c2ccccc2)=C[CH]1[Ti]([Cl])([Cl])([CH]1C=C(c2ccccc2)C=C1CC)[SiH](C)C. The molecule has 32 heavy (non-hydrogen) atoms. The summed E-state index contributed by atoms with van der Waals surface area (Å²) >= 11 is -4.09. The second kappa shape index (κ2) is 9.28. The van der Waals surface area contributed by atoms with Crippen LogP contribution in [0.25, 0.3) is 11.1 Å². The Morgan fingerprint density at radius 3 is 1.38 bits per heavy atom. The Morgan fingerprint density at radius 2 is 1.06 bits per heavy atom. The van der Waals surface area contributed by atoms with Crippen LogP contribution in [0.4, 0.5) is 0 Å². The monoisotopic (exact) mass is 515 g/mol. The van der Waals surface area contributed by atoms with Crippen molar-refractivity contribution in [1.29, 1.82) is 0 Å². The van der Waals surface area contributed by atoms with Crippen LogP contribution in [-0.4, -0.2) is 6.66 Å². The number of rotatable bonds is 7. The van der Waals surface area contributed by atoms with Crippen LogP contribution in [0.5, 0.6) is 0 Å². The van der Waals surface area contributed by atoms with Crippen LogP contribution in [0, 0.1) is 0 Å². The van der Waals surface area contributed by atoms with Crippen LogP contribution in [0.15, 0.2) is 96.1 Å². The van der Waals surface area contributed by atoms with Crippen LogP contribution in [0.1, 0.15) is 37.8 Å². The summed E-state index contributed by atoms with van der Waals surface area (Å²) in [6.45, 7) is 7.86. The molecule has 2 aromatic carbocycles. The van der Waals surface area contributed by atoms with E-state index in [4.69, 9.17) is 18.6 Å². The van der Waals surface area contributed by atoms with Crippen molar-refractivity contribution in [1.82, 2.24) is 0 Å². The van der Waals surface area contributed by atoms with E-state index >= 15 is 0 Å². The van der Waals surface area contributed by atoms with Gasteiger partial charge >= 0.3 is 204 Å². The molecule has 0 radical (unpaired) electrons. The molecule has 4 heteroatoms. The van der Waals surface area contributed by atoms with E-state index in [1.54, 1.807) is 0 Å². The van der Waals surface area contributed by atoms with Gasteiger partial charge in [-0.3, -0.25) is 0 Å². The predicted octanol–water partition coefficient (Wildman–Crippen LogP) is 9.41. The molecule has 0 bridgehead atoms. The standard InChI is InChI=1S/2C13H13.C2H7Si.2ClH.Ti/c2*1-2-11-8-9-13(10-11)12-6-4-3-5-7-12;1-3-2;;;/h2*3-10H,2H2,1H3;3H,1-2H3;2*1H;/q;;;;;+2/p-2. The summed E-state index contributed by atoms with van der Waals surface area (Å²) in [5.41, 5.74) is 7.92. The topological polar surface area (TPSA) is 0 Å². The second-order valence-corrected chi connectivity index (χ2v) is 38.8. The van der Waals surface area contributed by atoms with Gasteiger partial charge in [0.05, 0.1) is 0 Å². The molecule has 4 rings (SSSR count). The molecule has 0 fully saturated rings. The normalized spacial score (nSPS) is 22.2. The van der Waals surface area contributed by atoms with Crippen molar-refractivity contribution in [3.63, 3.8) is 0 Å². The summed E-state index contributed by atoms with van der Waals surface area (Å²) in [5.74, 6) is 0. The summed E-state index contributed by atoms with van der Waals surface area (Å²) in [6, 6.07) is 21.3. The third kappa shape index (κ3) is 4.01. The molecule has 2 unspecified atom stereocenters. The van der Waals surface area contributed by atoms with E-state index in [-0.39, 0.29) is 8.45 Å².